The normalized spacial score (nSPS) is 15.7. The Bertz CT molecular complexity index is 1280. The SMILES string of the molecule is Cc1ccccc1-c1nnc(N[C@H]2N=C(c3ccccc3)c3ccccc3CC2=O)o1. The van der Waals surface area contributed by atoms with Crippen LogP contribution in [0, 0.1) is 6.92 Å². The first-order valence-electron chi connectivity index (χ1n) is 10.1. The molecule has 0 radical (unpaired) electrons. The molecule has 31 heavy (non-hydrogen) atoms. The Balaban J connectivity index is 1.51. The highest BCUT2D eigenvalue weighted by atomic mass is 16.4. The van der Waals surface area contributed by atoms with E-state index in [1.165, 1.54) is 0 Å². The minimum atomic E-state index is -0.826. The maximum absolute atomic E-state index is 13.0. The molecule has 6 heteroatoms. The van der Waals surface area contributed by atoms with Gasteiger partial charge in [-0.25, -0.2) is 0 Å². The van der Waals surface area contributed by atoms with Gasteiger partial charge in [-0.05, 0) is 24.1 Å². The molecule has 6 nitrogen and oxygen atoms in total. The topological polar surface area (TPSA) is 80.4 Å². The standard InChI is InChI=1S/C25H20N4O2/c1-16-9-5-7-13-19(16)24-28-29-25(31-24)27-23-21(30)15-18-12-6-8-14-20(18)22(26-23)17-10-3-2-4-11-17/h2-14,23H,15H2,1H3,(H,27,29)/t23-/m1/s1. The molecule has 3 aromatic carbocycles. The minimum Gasteiger partial charge on any atom is -0.403 e. The number of carbonyl (C=O) groups is 1. The van der Waals surface area contributed by atoms with Crippen molar-refractivity contribution in [3.05, 3.63) is 101 Å². The highest BCUT2D eigenvalue weighted by Gasteiger charge is 2.27. The van der Waals surface area contributed by atoms with Crippen molar-refractivity contribution < 1.29 is 9.21 Å². The summed E-state index contributed by atoms with van der Waals surface area (Å²) < 4.78 is 5.81. The van der Waals surface area contributed by atoms with Gasteiger partial charge in [0.25, 0.3) is 0 Å². The predicted molar refractivity (Wildman–Crippen MR) is 119 cm³/mol. The number of benzene rings is 3. The summed E-state index contributed by atoms with van der Waals surface area (Å²) in [4.78, 5) is 17.8. The highest BCUT2D eigenvalue weighted by Crippen LogP contribution is 2.25. The lowest BCUT2D eigenvalue weighted by Gasteiger charge is -2.11. The molecule has 152 valence electrons. The summed E-state index contributed by atoms with van der Waals surface area (Å²) in [6, 6.07) is 25.7. The molecule has 0 spiro atoms. The molecule has 4 aromatic rings. The van der Waals surface area contributed by atoms with E-state index < -0.39 is 6.17 Å². The summed E-state index contributed by atoms with van der Waals surface area (Å²) in [5, 5.41) is 11.3. The summed E-state index contributed by atoms with van der Waals surface area (Å²) in [6.07, 6.45) is -0.556. The molecular weight excluding hydrogens is 388 g/mol. The predicted octanol–water partition coefficient (Wildman–Crippen LogP) is 4.45. The van der Waals surface area contributed by atoms with Crippen LogP contribution in [0.15, 0.2) is 88.3 Å². The van der Waals surface area contributed by atoms with Crippen LogP contribution >= 0.6 is 0 Å². The van der Waals surface area contributed by atoms with E-state index in [1.54, 1.807) is 0 Å². The second-order valence-corrected chi connectivity index (χ2v) is 7.42. The summed E-state index contributed by atoms with van der Waals surface area (Å²) in [5.41, 5.74) is 5.50. The number of Topliss-reactive ketones (excluding diaryl/α,β-unsaturated/α-hetero) is 1. The van der Waals surface area contributed by atoms with E-state index in [0.717, 1.165) is 33.5 Å². The van der Waals surface area contributed by atoms with Crippen LogP contribution in [0.25, 0.3) is 11.5 Å². The van der Waals surface area contributed by atoms with Gasteiger partial charge in [-0.1, -0.05) is 77.9 Å². The molecule has 0 bridgehead atoms. The lowest BCUT2D eigenvalue weighted by molar-refractivity contribution is -0.119. The van der Waals surface area contributed by atoms with Crippen molar-refractivity contribution >= 4 is 17.5 Å². The lowest BCUT2D eigenvalue weighted by Crippen LogP contribution is -2.29. The lowest BCUT2D eigenvalue weighted by atomic mass is 9.96. The number of carbonyl (C=O) groups excluding carboxylic acids is 1. The zero-order valence-electron chi connectivity index (χ0n) is 16.9. The Morgan fingerprint density at radius 3 is 2.39 bits per heavy atom. The van der Waals surface area contributed by atoms with Crippen molar-refractivity contribution in [2.75, 3.05) is 5.32 Å². The quantitative estimate of drug-likeness (QED) is 0.540. The average Bonchev–Trinajstić information content (AvgIpc) is 3.21. The first-order chi connectivity index (χ1) is 15.2. The molecule has 2 heterocycles. The fraction of sp³-hybridized carbons (Fsp3) is 0.120. The van der Waals surface area contributed by atoms with Gasteiger partial charge in [0.2, 0.25) is 5.89 Å². The van der Waals surface area contributed by atoms with Gasteiger partial charge in [0.05, 0.1) is 5.71 Å². The smallest absolute Gasteiger partial charge is 0.317 e. The first-order valence-corrected chi connectivity index (χ1v) is 10.1. The third-order valence-electron chi connectivity index (χ3n) is 5.31. The fourth-order valence-corrected chi connectivity index (χ4v) is 3.72. The first kappa shape index (κ1) is 18.9. The van der Waals surface area contributed by atoms with Crippen LogP contribution in [-0.2, 0) is 11.2 Å². The minimum absolute atomic E-state index is 0.0611. The molecule has 0 amide bonds. The van der Waals surface area contributed by atoms with Crippen molar-refractivity contribution in [1.82, 2.24) is 10.2 Å². The number of aryl methyl sites for hydroxylation is 1. The Kier molecular flexibility index (Phi) is 4.88. The molecule has 1 aliphatic heterocycles. The van der Waals surface area contributed by atoms with Crippen LogP contribution < -0.4 is 5.32 Å². The molecular formula is C25H20N4O2. The van der Waals surface area contributed by atoms with Crippen LogP contribution in [0.5, 0.6) is 0 Å². The van der Waals surface area contributed by atoms with E-state index in [4.69, 9.17) is 9.41 Å². The average molecular weight is 408 g/mol. The second-order valence-electron chi connectivity index (χ2n) is 7.42. The van der Waals surface area contributed by atoms with Crippen LogP contribution in [0.2, 0.25) is 0 Å². The molecule has 1 aromatic heterocycles. The number of ketones is 1. The number of hydrogen-bond acceptors (Lipinski definition) is 6. The van der Waals surface area contributed by atoms with Gasteiger partial charge in [0.15, 0.2) is 11.9 Å². The van der Waals surface area contributed by atoms with Gasteiger partial charge in [0, 0.05) is 23.1 Å². The number of rotatable bonds is 4. The molecule has 0 aliphatic carbocycles. The van der Waals surface area contributed by atoms with Gasteiger partial charge in [-0.2, -0.15) is 0 Å². The van der Waals surface area contributed by atoms with Crippen molar-refractivity contribution in [2.45, 2.75) is 19.5 Å². The van der Waals surface area contributed by atoms with Crippen LogP contribution in [-0.4, -0.2) is 27.9 Å². The van der Waals surface area contributed by atoms with Crippen molar-refractivity contribution in [2.24, 2.45) is 4.99 Å². The van der Waals surface area contributed by atoms with E-state index in [9.17, 15) is 4.79 Å². The molecule has 1 atom stereocenters. The van der Waals surface area contributed by atoms with Crippen molar-refractivity contribution in [3.63, 3.8) is 0 Å². The summed E-state index contributed by atoms with van der Waals surface area (Å²) >= 11 is 0. The number of nitrogens with one attached hydrogen (secondary N) is 1. The Hall–Kier alpha value is -4.06. The fourth-order valence-electron chi connectivity index (χ4n) is 3.72. The maximum atomic E-state index is 13.0. The monoisotopic (exact) mass is 408 g/mol. The third kappa shape index (κ3) is 3.75. The van der Waals surface area contributed by atoms with Crippen LogP contribution in [0.1, 0.15) is 22.3 Å². The number of aromatic nitrogens is 2. The number of fused-ring (bicyclic) bond motifs is 1. The number of nitrogens with zero attached hydrogens (tertiary/aromatic N) is 3. The van der Waals surface area contributed by atoms with E-state index in [-0.39, 0.29) is 18.2 Å². The Labute approximate surface area is 179 Å². The molecule has 0 unspecified atom stereocenters. The summed E-state index contributed by atoms with van der Waals surface area (Å²) in [6.45, 7) is 1.98. The van der Waals surface area contributed by atoms with Gasteiger partial charge >= 0.3 is 6.01 Å². The van der Waals surface area contributed by atoms with E-state index in [2.05, 4.69) is 15.5 Å². The number of hydrogen-bond donors (Lipinski definition) is 1. The van der Waals surface area contributed by atoms with Crippen molar-refractivity contribution in [3.8, 4) is 11.5 Å². The molecule has 5 rings (SSSR count). The molecule has 1 aliphatic rings. The van der Waals surface area contributed by atoms with E-state index in [0.29, 0.717) is 5.89 Å². The second kappa shape index (κ2) is 7.99. The van der Waals surface area contributed by atoms with Gasteiger partial charge in [0.1, 0.15) is 0 Å². The number of anilines is 1. The maximum Gasteiger partial charge on any atom is 0.317 e. The molecule has 0 saturated carbocycles. The van der Waals surface area contributed by atoms with E-state index >= 15 is 0 Å². The zero-order valence-corrected chi connectivity index (χ0v) is 16.9. The van der Waals surface area contributed by atoms with Crippen LogP contribution in [0.4, 0.5) is 6.01 Å². The zero-order chi connectivity index (χ0) is 21.2. The third-order valence-corrected chi connectivity index (χ3v) is 5.31. The Morgan fingerprint density at radius 1 is 0.871 bits per heavy atom. The van der Waals surface area contributed by atoms with Crippen LogP contribution in [0.3, 0.4) is 0 Å². The molecule has 0 saturated heterocycles. The van der Waals surface area contributed by atoms with Gasteiger partial charge in [-0.15, -0.1) is 5.10 Å². The van der Waals surface area contributed by atoms with Crippen molar-refractivity contribution in [1.29, 1.82) is 0 Å². The van der Waals surface area contributed by atoms with E-state index in [1.807, 2.05) is 85.8 Å². The largest absolute Gasteiger partial charge is 0.403 e. The Morgan fingerprint density at radius 2 is 1.58 bits per heavy atom. The summed E-state index contributed by atoms with van der Waals surface area (Å²) in [7, 11) is 0. The number of aliphatic imine (C=N–C) groups is 1. The van der Waals surface area contributed by atoms with Gasteiger partial charge in [-0.3, -0.25) is 9.79 Å². The molecule has 1 N–H and O–H groups in total. The summed E-state index contributed by atoms with van der Waals surface area (Å²) in [5.74, 6) is 0.339. The highest BCUT2D eigenvalue weighted by molar-refractivity contribution is 6.16. The molecule has 0 fully saturated rings. The van der Waals surface area contributed by atoms with Gasteiger partial charge < -0.3 is 9.73 Å².